The van der Waals surface area contributed by atoms with Crippen LogP contribution in [0.25, 0.3) is 66.8 Å². The van der Waals surface area contributed by atoms with Crippen molar-refractivity contribution in [2.45, 2.75) is 152 Å². The van der Waals surface area contributed by atoms with Gasteiger partial charge in [-0.15, -0.1) is 11.3 Å². The average Bonchev–Trinajstić information content (AvgIpc) is 1.66. The predicted octanol–water partition coefficient (Wildman–Crippen LogP) is 22.7. The summed E-state index contributed by atoms with van der Waals surface area (Å²) in [5.41, 5.74) is 10.4. The maximum atomic E-state index is 12.9. The maximum absolute atomic E-state index is 12.9. The lowest BCUT2D eigenvalue weighted by atomic mass is 9.92. The van der Waals surface area contributed by atoms with Gasteiger partial charge in [-0.05, 0) is 179 Å². The molecule has 8 aromatic heterocycles. The van der Waals surface area contributed by atoms with Crippen molar-refractivity contribution in [1.29, 1.82) is 19.1 Å². The fourth-order valence-corrected chi connectivity index (χ4v) is 18.1. The zero-order valence-corrected chi connectivity index (χ0v) is 83.4. The molecule has 8 heterocycles. The monoisotopic (exact) mass is 1980 g/mol. The van der Waals surface area contributed by atoms with E-state index in [1.807, 2.05) is 222 Å². The SMILES string of the molecule is CCOS(=N)(=O)c1ccc(-n2nc(C(C)(C)C)cc2NC(=O)Nc2ccc3[nH]ccc3c2)cc1.CCOS(=N)(=O)c1ccc(-n2nc(C(C)(C)C)cc2NC(=O)Nc2ccc3ccccc3n2)cc1.CCOS(=N)(=O)c1ccc(-n2nc(C(C)(C)C)cc2NC(=O)Nc2nc(-c3ccccc3)cs2)cc1.CCOS(=N)(=O)c1ccc(-n2nc(C(C)(C)C)cc2NC(=O)Nc2nc3ccccc3[nH]2)cc1. The Hall–Kier alpha value is -14.6. The van der Waals surface area contributed by atoms with Crippen molar-refractivity contribution in [3.63, 3.8) is 0 Å². The first-order valence-corrected chi connectivity index (χ1v) is 50.9. The van der Waals surface area contributed by atoms with Gasteiger partial charge in [-0.25, -0.2) is 88.8 Å². The lowest BCUT2D eigenvalue weighted by molar-refractivity contribution is 0.261. The summed E-state index contributed by atoms with van der Waals surface area (Å²) in [4.78, 5) is 71.8. The van der Waals surface area contributed by atoms with E-state index in [1.54, 1.807) is 156 Å². The van der Waals surface area contributed by atoms with Crippen molar-refractivity contribution in [3.05, 3.63) is 271 Å². The molecule has 0 saturated carbocycles. The first-order valence-electron chi connectivity index (χ1n) is 44.0. The molecule has 0 bridgehead atoms. The number of nitrogens with zero attached hydrogens (tertiary/aromatic N) is 11. The van der Waals surface area contributed by atoms with Crippen LogP contribution in [-0.4, -0.2) is 131 Å². The van der Waals surface area contributed by atoms with Crippen LogP contribution in [0.2, 0.25) is 0 Å². The molecule has 16 aromatic rings. The van der Waals surface area contributed by atoms with E-state index in [1.165, 1.54) is 11.3 Å². The summed E-state index contributed by atoms with van der Waals surface area (Å²) in [5, 5.41) is 45.7. The maximum Gasteiger partial charge on any atom is 0.327 e. The third-order valence-corrected chi connectivity index (χ3v) is 27.2. The lowest BCUT2D eigenvalue weighted by Gasteiger charge is -2.14. The second-order valence-electron chi connectivity index (χ2n) is 35.4. The van der Waals surface area contributed by atoms with E-state index in [0.29, 0.717) is 68.6 Å². The number of urea groups is 4. The van der Waals surface area contributed by atoms with Gasteiger partial charge in [-0.1, -0.05) is 144 Å². The highest BCUT2D eigenvalue weighted by Gasteiger charge is 2.29. The highest BCUT2D eigenvalue weighted by molar-refractivity contribution is 7.88. The van der Waals surface area contributed by atoms with Crippen molar-refractivity contribution in [1.82, 2.24) is 64.0 Å². The number of nitrogens with one attached hydrogen (secondary N) is 14. The van der Waals surface area contributed by atoms with Crippen LogP contribution >= 0.6 is 11.3 Å². The molecule has 4 atom stereocenters. The highest BCUT2D eigenvalue weighted by atomic mass is 32.2. The van der Waals surface area contributed by atoms with Gasteiger partial charge in [0.15, 0.2) is 45.2 Å². The Bertz CT molecular complexity index is 7400. The lowest BCUT2D eigenvalue weighted by Crippen LogP contribution is -2.22. The van der Waals surface area contributed by atoms with Crippen LogP contribution in [0.3, 0.4) is 0 Å². The molecule has 0 aliphatic rings. The molecule has 0 saturated heterocycles. The largest absolute Gasteiger partial charge is 0.361 e. The molecule has 8 amide bonds. The quantitative estimate of drug-likeness (QED) is 0.0253. The number of thiazole rings is 1. The van der Waals surface area contributed by atoms with E-state index in [9.17, 15) is 36.0 Å². The second-order valence-corrected chi connectivity index (χ2v) is 43.1. The van der Waals surface area contributed by atoms with Crippen molar-refractivity contribution >= 4 is 154 Å². The molecule has 14 N–H and O–H groups in total. The molecular formula is C97H111N25O12S5. The van der Waals surface area contributed by atoms with Crippen LogP contribution in [0.1, 0.15) is 134 Å². The van der Waals surface area contributed by atoms with Gasteiger partial charge < -0.3 is 15.3 Å². The fraction of sp³-hybridized carbons (Fsp3) is 0.247. The van der Waals surface area contributed by atoms with Gasteiger partial charge in [0.25, 0.3) is 0 Å². The number of rotatable bonds is 25. The summed E-state index contributed by atoms with van der Waals surface area (Å²) in [6.45, 7) is 31.8. The third-order valence-electron chi connectivity index (χ3n) is 20.6. The Morgan fingerprint density at radius 3 is 1.12 bits per heavy atom. The minimum Gasteiger partial charge on any atom is -0.361 e. The normalized spacial score (nSPS) is 13.4. The molecule has 37 nitrogen and oxygen atoms in total. The fourth-order valence-electron chi connectivity index (χ4n) is 13.5. The number of imidazole rings is 1. The Kier molecular flexibility index (Phi) is 31.2. The number of anilines is 8. The summed E-state index contributed by atoms with van der Waals surface area (Å²) in [5.74, 6) is 2.59. The number of H-pyrrole nitrogens is 2. The Morgan fingerprint density at radius 1 is 0.360 bits per heavy atom. The second kappa shape index (κ2) is 42.5. The standard InChI is InChI=1S/C25H28N6O3S2.C25H28N6O3S.C24H28N6O3S.C23H27N7O3S/c1-5-34-36(26,33)19-13-11-18(12-14-19)31-22(15-21(30-31)25(2,3)4)28-23(32)29-24-27-20(16-35-24)17-9-7-6-8-10-17;1-5-34-35(26,33)19-13-11-18(12-14-19)31-23(16-21(30-31)25(2,3)4)29-24(32)28-22-15-10-17-8-6-7-9-20(17)27-22;1-5-33-34(25,32)19-9-7-18(8-10-19)30-22(15-21(29-30)24(2,3)4)28-23(31)27-17-6-11-20-16(14-17)12-13-26-20;1-5-33-34(24,32)16-12-10-15(11-13-16)30-20(14-19(29-30)23(2,3)4)27-22(31)28-21-25-17-8-6-7-9-18(17)26-21/h6-16,26H,5H2,1-4H3,(H2,27,28,29,32);6-16,26H,5H2,1-4H3,(H2,27,28,29,32);6-15,25-26H,5H2,1-4H3,(H2,27,28,31);6-14,24H,5H2,1-4H3,(H3,25,26,27,28,31). The summed E-state index contributed by atoms with van der Waals surface area (Å²) >= 11 is 1.34. The third kappa shape index (κ3) is 26.0. The average molecular weight is 1980 g/mol. The minimum absolute atomic E-state index is 0.173. The molecule has 726 valence electrons. The number of aromatic amines is 2. The van der Waals surface area contributed by atoms with Crippen molar-refractivity contribution in [2.75, 3.05) is 69.0 Å². The van der Waals surface area contributed by atoms with Crippen molar-refractivity contribution < 1.29 is 52.7 Å². The summed E-state index contributed by atoms with van der Waals surface area (Å²) in [6.07, 6.45) is 1.85. The first-order chi connectivity index (χ1) is 65.8. The van der Waals surface area contributed by atoms with Crippen LogP contribution in [-0.2, 0) is 78.4 Å². The van der Waals surface area contributed by atoms with Crippen molar-refractivity contribution in [3.8, 4) is 34.0 Å². The molecule has 16 rings (SSSR count). The van der Waals surface area contributed by atoms with Gasteiger partial charge in [-0.2, -0.15) is 20.4 Å². The van der Waals surface area contributed by atoms with Gasteiger partial charge in [0.1, 0.15) is 29.1 Å². The smallest absolute Gasteiger partial charge is 0.327 e. The number of hydrogen-bond donors (Lipinski definition) is 14. The molecule has 0 radical (unpaired) electrons. The number of para-hydroxylation sites is 3. The van der Waals surface area contributed by atoms with Gasteiger partial charge in [-0.3, -0.25) is 53.9 Å². The van der Waals surface area contributed by atoms with E-state index in [4.69, 9.17) is 51.1 Å². The van der Waals surface area contributed by atoms with Crippen LogP contribution < -0.4 is 42.5 Å². The highest BCUT2D eigenvalue weighted by Crippen LogP contribution is 2.35. The number of carbonyl (C=O) groups excluding carboxylic acids is 4. The van der Waals surface area contributed by atoms with Crippen LogP contribution in [0, 0.1) is 19.1 Å². The number of amides is 8. The summed E-state index contributed by atoms with van der Waals surface area (Å²) in [7, 11) is -13.3. The van der Waals surface area contributed by atoms with Gasteiger partial charge >= 0.3 is 24.1 Å². The minimum atomic E-state index is -3.32. The topological polar surface area (TPSA) is 507 Å². The van der Waals surface area contributed by atoms with E-state index < -0.39 is 64.2 Å². The number of pyridine rings is 1. The van der Waals surface area contributed by atoms with Crippen LogP contribution in [0.15, 0.2) is 268 Å². The zero-order chi connectivity index (χ0) is 100. The number of fused-ring (bicyclic) bond motifs is 3. The molecule has 0 fully saturated rings. The summed E-state index contributed by atoms with van der Waals surface area (Å²) in [6, 6.07) is 67.7. The molecule has 139 heavy (non-hydrogen) atoms. The van der Waals surface area contributed by atoms with E-state index >= 15 is 0 Å². The van der Waals surface area contributed by atoms with Crippen LogP contribution in [0.5, 0.6) is 0 Å². The van der Waals surface area contributed by atoms with E-state index in [-0.39, 0.29) is 67.7 Å². The Labute approximate surface area is 810 Å². The number of carbonyl (C=O) groups is 4. The zero-order valence-electron chi connectivity index (χ0n) is 79.4. The first kappa shape index (κ1) is 102. The van der Waals surface area contributed by atoms with Gasteiger partial charge in [0.2, 0.25) is 5.95 Å². The molecule has 8 aromatic carbocycles. The van der Waals surface area contributed by atoms with Crippen molar-refractivity contribution in [2.24, 2.45) is 0 Å². The molecule has 0 aliphatic carbocycles. The molecule has 4 unspecified atom stereocenters. The van der Waals surface area contributed by atoms with E-state index in [2.05, 4.69) is 72.6 Å². The summed E-state index contributed by atoms with van der Waals surface area (Å²) < 4.78 is 108. The number of aromatic nitrogens is 13. The van der Waals surface area contributed by atoms with E-state index in [0.717, 1.165) is 66.9 Å². The van der Waals surface area contributed by atoms with Gasteiger partial charge in [0.05, 0.1) is 114 Å². The Morgan fingerprint density at radius 2 is 0.727 bits per heavy atom. The molecule has 0 spiro atoms. The van der Waals surface area contributed by atoms with Crippen LogP contribution in [0.4, 0.5) is 65.0 Å². The molecule has 42 heteroatoms. The molecular weight excluding hydrogens is 1870 g/mol. The van der Waals surface area contributed by atoms with Gasteiger partial charge in [0, 0.05) is 85.0 Å². The number of benzene rings is 8. The molecule has 0 aliphatic heterocycles. The predicted molar refractivity (Wildman–Crippen MR) is 546 cm³/mol. The number of hydrogen-bond acceptors (Lipinski definition) is 24. The Balaban J connectivity index is 0.000000156.